The van der Waals surface area contributed by atoms with Crippen LogP contribution in [0, 0.1) is 23.2 Å². The third-order valence-electron chi connectivity index (χ3n) is 4.55. The van der Waals surface area contributed by atoms with Crippen LogP contribution in [0.15, 0.2) is 12.1 Å². The summed E-state index contributed by atoms with van der Waals surface area (Å²) in [6.07, 6.45) is 1.98. The molecule has 0 heterocycles. The van der Waals surface area contributed by atoms with E-state index in [1.807, 2.05) is 13.8 Å². The molecule has 6 nitrogen and oxygen atoms in total. The van der Waals surface area contributed by atoms with E-state index in [1.165, 1.54) is 6.07 Å². The number of benzene rings is 1. The first-order valence-corrected chi connectivity index (χ1v) is 10.2. The molecule has 1 saturated carbocycles. The van der Waals surface area contributed by atoms with Crippen LogP contribution in [-0.2, 0) is 28.4 Å². The van der Waals surface area contributed by atoms with E-state index in [2.05, 4.69) is 0 Å². The summed E-state index contributed by atoms with van der Waals surface area (Å²) in [6, 6.07) is 5.02. The van der Waals surface area contributed by atoms with E-state index in [0.717, 1.165) is 5.56 Å². The largest absolute Gasteiger partial charge is 0.329 e. The van der Waals surface area contributed by atoms with Crippen molar-refractivity contribution in [1.82, 2.24) is 0 Å². The van der Waals surface area contributed by atoms with E-state index < -0.39 is 25.5 Å². The number of nitrogens with zero attached hydrogens (tertiary/aromatic N) is 1. The predicted molar refractivity (Wildman–Crippen MR) is 92.1 cm³/mol. The lowest BCUT2D eigenvalue weighted by Gasteiger charge is -2.18. The summed E-state index contributed by atoms with van der Waals surface area (Å²) in [5.74, 6) is -2.67. The van der Waals surface area contributed by atoms with E-state index in [4.69, 9.17) is 0 Å². The molecule has 1 aliphatic carbocycles. The van der Waals surface area contributed by atoms with E-state index in [-0.39, 0.29) is 22.8 Å². The van der Waals surface area contributed by atoms with Crippen molar-refractivity contribution in [3.8, 4) is 6.07 Å². The molecule has 0 bridgehead atoms. The fourth-order valence-corrected chi connectivity index (χ4v) is 3.91. The van der Waals surface area contributed by atoms with Crippen molar-refractivity contribution >= 4 is 19.2 Å². The van der Waals surface area contributed by atoms with Crippen molar-refractivity contribution in [2.45, 2.75) is 45.7 Å². The van der Waals surface area contributed by atoms with Gasteiger partial charge in [-0.3, -0.25) is 14.2 Å². The van der Waals surface area contributed by atoms with Crippen molar-refractivity contribution in [2.75, 3.05) is 0 Å². The zero-order valence-electron chi connectivity index (χ0n) is 14.4. The molecule has 0 spiro atoms. The second-order valence-electron chi connectivity index (χ2n) is 6.36. The Labute approximate surface area is 147 Å². The molecule has 1 aromatic carbocycles. The van der Waals surface area contributed by atoms with Crippen LogP contribution in [0.3, 0.4) is 0 Å². The summed E-state index contributed by atoms with van der Waals surface area (Å²) in [7, 11) is -4.41. The molecule has 2 N–H and O–H groups in total. The number of aryl methyl sites for hydroxylation is 1. The average molecular weight is 363 g/mol. The zero-order chi connectivity index (χ0) is 18.8. The molecule has 25 heavy (non-hydrogen) atoms. The highest BCUT2D eigenvalue weighted by molar-refractivity contribution is 7.50. The Hall–Kier alpha value is -1.80. The first kappa shape index (κ1) is 19.5. The van der Waals surface area contributed by atoms with E-state index >= 15 is 0 Å². The second-order valence-corrected chi connectivity index (χ2v) is 8.01. The van der Waals surface area contributed by atoms with E-state index in [0.29, 0.717) is 31.2 Å². The first-order chi connectivity index (χ1) is 11.7. The van der Waals surface area contributed by atoms with Gasteiger partial charge in [-0.1, -0.05) is 26.0 Å². The van der Waals surface area contributed by atoms with Crippen LogP contribution in [0.2, 0.25) is 0 Å². The quantitative estimate of drug-likeness (QED) is 0.417. The highest BCUT2D eigenvalue weighted by Crippen LogP contribution is 2.42. The Morgan fingerprint density at radius 2 is 1.88 bits per heavy atom. The van der Waals surface area contributed by atoms with Crippen LogP contribution in [0.5, 0.6) is 0 Å². The topological polar surface area (TPSA) is 115 Å². The molecule has 0 radical (unpaired) electrons. The Kier molecular flexibility index (Phi) is 5.95. The van der Waals surface area contributed by atoms with Crippen LogP contribution >= 0.6 is 7.60 Å². The molecule has 134 valence electrons. The van der Waals surface area contributed by atoms with Crippen molar-refractivity contribution in [3.63, 3.8) is 0 Å². The Morgan fingerprint density at radius 1 is 1.24 bits per heavy atom. The van der Waals surface area contributed by atoms with Gasteiger partial charge in [0.2, 0.25) is 0 Å². The van der Waals surface area contributed by atoms with Gasteiger partial charge in [-0.25, -0.2) is 0 Å². The fourth-order valence-electron chi connectivity index (χ4n) is 3.14. The number of rotatable bonds is 8. The lowest BCUT2D eigenvalue weighted by molar-refractivity contribution is -0.121. The lowest BCUT2D eigenvalue weighted by atomic mass is 9.86. The van der Waals surface area contributed by atoms with Crippen molar-refractivity contribution in [3.05, 3.63) is 34.4 Å². The Morgan fingerprint density at radius 3 is 2.32 bits per heavy atom. The van der Waals surface area contributed by atoms with Gasteiger partial charge in [-0.05, 0) is 42.4 Å². The highest BCUT2D eigenvalue weighted by Gasteiger charge is 2.39. The van der Waals surface area contributed by atoms with Gasteiger partial charge in [-0.15, -0.1) is 0 Å². The molecule has 0 amide bonds. The molecule has 1 atom stereocenters. The normalized spacial score (nSPS) is 15.5. The number of carbonyl (C=O) groups excluding carboxylic acids is 2. The molecular weight excluding hydrogens is 341 g/mol. The van der Waals surface area contributed by atoms with Crippen molar-refractivity contribution in [2.24, 2.45) is 11.8 Å². The maximum atomic E-state index is 12.8. The Balaban J connectivity index is 2.55. The second kappa shape index (κ2) is 7.61. The molecule has 0 aliphatic heterocycles. The third kappa shape index (κ3) is 4.43. The third-order valence-corrected chi connectivity index (χ3v) is 5.28. The van der Waals surface area contributed by atoms with Crippen LogP contribution in [-0.4, -0.2) is 21.4 Å². The van der Waals surface area contributed by atoms with Gasteiger partial charge in [-0.2, -0.15) is 5.26 Å². The summed E-state index contributed by atoms with van der Waals surface area (Å²) in [5.41, 5.74) is 1.97. The molecule has 0 saturated heterocycles. The maximum absolute atomic E-state index is 12.8. The minimum atomic E-state index is -4.41. The van der Waals surface area contributed by atoms with Crippen LogP contribution in [0.1, 0.15) is 53.7 Å². The summed E-state index contributed by atoms with van der Waals surface area (Å²) >= 11 is 0. The van der Waals surface area contributed by atoms with E-state index in [1.54, 1.807) is 12.1 Å². The average Bonchev–Trinajstić information content (AvgIpc) is 3.38. The standard InChI is InChI=1S/C18H22NO5P/c1-3-11-7-8-14(16(13(11)4-2)10-25(22,23)24)18(21)15(9-19)17(20)12-5-6-12/h7-8,12,15H,3-6,10H2,1-2H3,(H2,22,23,24). The van der Waals surface area contributed by atoms with Gasteiger partial charge in [0.05, 0.1) is 12.2 Å². The van der Waals surface area contributed by atoms with Crippen LogP contribution < -0.4 is 0 Å². The van der Waals surface area contributed by atoms with E-state index in [9.17, 15) is 29.2 Å². The number of ketones is 2. The molecule has 0 aromatic heterocycles. The number of Topliss-reactive ketones (excluding diaryl/α,β-unsaturated/α-hetero) is 2. The number of hydrogen-bond acceptors (Lipinski definition) is 4. The van der Waals surface area contributed by atoms with Gasteiger partial charge in [0.25, 0.3) is 0 Å². The summed E-state index contributed by atoms with van der Waals surface area (Å²) in [4.78, 5) is 43.9. The maximum Gasteiger partial charge on any atom is 0.329 e. The molecule has 1 unspecified atom stereocenters. The SMILES string of the molecule is CCc1ccc(C(=O)C(C#N)C(=O)C2CC2)c(CP(=O)(O)O)c1CC. The van der Waals surface area contributed by atoms with Gasteiger partial charge in [0, 0.05) is 11.5 Å². The van der Waals surface area contributed by atoms with Crippen LogP contribution in [0.4, 0.5) is 0 Å². The summed E-state index contributed by atoms with van der Waals surface area (Å²) < 4.78 is 11.6. The van der Waals surface area contributed by atoms with Crippen molar-refractivity contribution in [1.29, 1.82) is 5.26 Å². The fraction of sp³-hybridized carbons (Fsp3) is 0.500. The minimum absolute atomic E-state index is 0.0814. The van der Waals surface area contributed by atoms with Crippen molar-refractivity contribution < 1.29 is 23.9 Å². The molecule has 2 rings (SSSR count). The lowest BCUT2D eigenvalue weighted by Crippen LogP contribution is -2.25. The summed E-state index contributed by atoms with van der Waals surface area (Å²) in [6.45, 7) is 3.77. The predicted octanol–water partition coefficient (Wildman–Crippen LogP) is 2.79. The Bertz CT molecular complexity index is 785. The summed E-state index contributed by atoms with van der Waals surface area (Å²) in [5, 5.41) is 9.31. The minimum Gasteiger partial charge on any atom is -0.324 e. The molecule has 1 aliphatic rings. The monoisotopic (exact) mass is 363 g/mol. The zero-order valence-corrected chi connectivity index (χ0v) is 15.3. The highest BCUT2D eigenvalue weighted by atomic mass is 31.2. The van der Waals surface area contributed by atoms with Gasteiger partial charge < -0.3 is 9.79 Å². The molecule has 1 aromatic rings. The van der Waals surface area contributed by atoms with Gasteiger partial charge >= 0.3 is 7.60 Å². The van der Waals surface area contributed by atoms with Crippen LogP contribution in [0.25, 0.3) is 0 Å². The smallest absolute Gasteiger partial charge is 0.324 e. The molecule has 1 fully saturated rings. The molecular formula is C18H22NO5P. The number of hydrogen-bond donors (Lipinski definition) is 2. The van der Waals surface area contributed by atoms with Gasteiger partial charge in [0.15, 0.2) is 17.5 Å². The molecule has 7 heteroatoms. The first-order valence-electron chi connectivity index (χ1n) is 8.39. The van der Waals surface area contributed by atoms with Gasteiger partial charge in [0.1, 0.15) is 0 Å². The number of nitriles is 1. The number of carbonyl (C=O) groups is 2.